The minimum Gasteiger partial charge on any atom is -0.307 e. The van der Waals surface area contributed by atoms with Crippen molar-refractivity contribution in [1.82, 2.24) is 4.57 Å². The van der Waals surface area contributed by atoms with Crippen LogP contribution < -0.4 is 4.90 Å². The second-order valence-electron chi connectivity index (χ2n) is 18.1. The Morgan fingerprint density at radius 2 is 0.897 bits per heavy atom. The molecule has 0 radical (unpaired) electrons. The number of fused-ring (bicyclic) bond motifs is 7. The summed E-state index contributed by atoms with van der Waals surface area (Å²) in [4.78, 5) is 2.55. The Hall–Kier alpha value is -8.72. The highest BCUT2D eigenvalue weighted by Crippen LogP contribution is 2.55. The van der Waals surface area contributed by atoms with Gasteiger partial charge in [-0.2, -0.15) is 0 Å². The van der Waals surface area contributed by atoms with Crippen molar-refractivity contribution in [2.75, 3.05) is 4.90 Å². The lowest BCUT2D eigenvalue weighted by atomic mass is 9.74. The number of rotatable bonds is 8. The average molecular weight is 867 g/mol. The van der Waals surface area contributed by atoms with E-state index in [1.807, 2.05) is 0 Å². The fraction of sp³-hybridized carbons (Fsp3) is 0.0303. The van der Waals surface area contributed by atoms with Crippen LogP contribution in [0.25, 0.3) is 82.8 Å². The molecule has 13 rings (SSSR count). The number of hydrogen-bond donors (Lipinski definition) is 0. The van der Waals surface area contributed by atoms with Crippen LogP contribution in [0.15, 0.2) is 261 Å². The quantitative estimate of drug-likeness (QED) is 0.148. The maximum Gasteiger partial charge on any atom is 0.0782 e. The third kappa shape index (κ3) is 6.11. The molecule has 0 N–H and O–H groups in total. The minimum absolute atomic E-state index is 0.336. The van der Waals surface area contributed by atoms with E-state index in [1.165, 1.54) is 77.1 Å². The predicted molar refractivity (Wildman–Crippen MR) is 287 cm³/mol. The number of anilines is 3. The molecule has 0 saturated heterocycles. The van der Waals surface area contributed by atoms with Crippen molar-refractivity contribution in [2.24, 2.45) is 0 Å². The van der Waals surface area contributed by atoms with E-state index in [1.54, 1.807) is 0 Å². The number of hydrogen-bond acceptors (Lipinski definition) is 1. The van der Waals surface area contributed by atoms with E-state index >= 15 is 0 Å². The molecule has 2 heteroatoms. The summed E-state index contributed by atoms with van der Waals surface area (Å²) in [5.41, 5.74) is 20.0. The van der Waals surface area contributed by atoms with Crippen LogP contribution in [-0.2, 0) is 5.41 Å². The Morgan fingerprint density at radius 1 is 0.353 bits per heavy atom. The topological polar surface area (TPSA) is 8.17 Å². The molecule has 68 heavy (non-hydrogen) atoms. The van der Waals surface area contributed by atoms with Crippen molar-refractivity contribution < 1.29 is 0 Å². The van der Waals surface area contributed by atoms with Gasteiger partial charge in [0.1, 0.15) is 0 Å². The molecule has 0 fully saturated rings. The molecule has 0 amide bonds. The maximum absolute atomic E-state index is 2.55. The van der Waals surface area contributed by atoms with Gasteiger partial charge in [0.2, 0.25) is 0 Å². The molecule has 0 aliphatic heterocycles. The highest BCUT2D eigenvalue weighted by molar-refractivity contribution is 6.16. The Bertz CT molecular complexity index is 3860. The van der Waals surface area contributed by atoms with Gasteiger partial charge in [-0.15, -0.1) is 0 Å². The predicted octanol–water partition coefficient (Wildman–Crippen LogP) is 17.7. The normalized spacial score (nSPS) is 14.0. The molecular weight excluding hydrogens is 821 g/mol. The van der Waals surface area contributed by atoms with Gasteiger partial charge in [0, 0.05) is 33.0 Å². The van der Waals surface area contributed by atoms with Gasteiger partial charge in [-0.05, 0) is 110 Å². The smallest absolute Gasteiger partial charge is 0.0782 e. The Balaban J connectivity index is 1.11. The van der Waals surface area contributed by atoms with Crippen molar-refractivity contribution in [2.45, 2.75) is 12.3 Å². The third-order valence-corrected chi connectivity index (χ3v) is 14.5. The van der Waals surface area contributed by atoms with Crippen molar-refractivity contribution in [1.29, 1.82) is 0 Å². The van der Waals surface area contributed by atoms with Crippen molar-refractivity contribution >= 4 is 49.6 Å². The molecule has 1 unspecified atom stereocenters. The van der Waals surface area contributed by atoms with Crippen molar-refractivity contribution in [3.05, 3.63) is 278 Å². The second kappa shape index (κ2) is 16.0. The van der Waals surface area contributed by atoms with Crippen LogP contribution in [0.1, 0.15) is 23.6 Å². The molecule has 1 atom stereocenters. The largest absolute Gasteiger partial charge is 0.307 e. The van der Waals surface area contributed by atoms with Crippen molar-refractivity contribution in [3.8, 4) is 50.2 Å². The zero-order chi connectivity index (χ0) is 45.2. The number of benzene rings is 11. The van der Waals surface area contributed by atoms with Crippen LogP contribution in [0.2, 0.25) is 0 Å². The third-order valence-electron chi connectivity index (χ3n) is 14.5. The first kappa shape index (κ1) is 39.6. The van der Waals surface area contributed by atoms with Crippen LogP contribution in [0, 0.1) is 0 Å². The molecule has 0 spiro atoms. The highest BCUT2D eigenvalue weighted by atomic mass is 15.2. The number of aromatic nitrogens is 1. The standard InChI is InChI=1S/C66H46N2/c1-66(48-26-7-3-8-27-48)58-37-15-11-31-52(58)53-43-42-47(44-59(53)66)50-30-12-16-38-60(50)68(63-41-21-36-57-55-33-14-17-39-61(55)67(65(57)63)49-28-9-4-10-29-49)62-40-18-13-32-54(62)56-35-20-25-46-24-19-34-51(64(46)56)45-22-5-2-6-23-45/h2-44H,1H3. The Morgan fingerprint density at radius 3 is 1.68 bits per heavy atom. The summed E-state index contributed by atoms with van der Waals surface area (Å²) in [6.07, 6.45) is 0. The average Bonchev–Trinajstić information content (AvgIpc) is 3.89. The Kier molecular flexibility index (Phi) is 9.33. The zero-order valence-corrected chi connectivity index (χ0v) is 37.7. The molecule has 1 aromatic heterocycles. The molecule has 1 aliphatic rings. The fourth-order valence-corrected chi connectivity index (χ4v) is 11.4. The molecule has 12 aromatic rings. The lowest BCUT2D eigenvalue weighted by molar-refractivity contribution is 0.714. The van der Waals surface area contributed by atoms with Gasteiger partial charge in [-0.25, -0.2) is 0 Å². The van der Waals surface area contributed by atoms with E-state index in [9.17, 15) is 0 Å². The SMILES string of the molecule is CC1(c2ccccc2)c2ccccc2-c2ccc(-c3ccccc3N(c3ccccc3-c3cccc4cccc(-c5ccccc5)c34)c3cccc4c5ccccc5n(-c5ccccc5)c34)cc21. The summed E-state index contributed by atoms with van der Waals surface area (Å²) in [6.45, 7) is 2.40. The summed E-state index contributed by atoms with van der Waals surface area (Å²) in [7, 11) is 0. The lowest BCUT2D eigenvalue weighted by Crippen LogP contribution is -2.22. The molecule has 0 bridgehead atoms. The fourth-order valence-electron chi connectivity index (χ4n) is 11.4. The molecule has 320 valence electrons. The van der Waals surface area contributed by atoms with Crippen molar-refractivity contribution in [3.63, 3.8) is 0 Å². The van der Waals surface area contributed by atoms with Gasteiger partial charge < -0.3 is 9.47 Å². The van der Waals surface area contributed by atoms with Gasteiger partial charge in [0.25, 0.3) is 0 Å². The lowest BCUT2D eigenvalue weighted by Gasteiger charge is -2.32. The first-order valence-corrected chi connectivity index (χ1v) is 23.6. The molecule has 1 aliphatic carbocycles. The van der Waals surface area contributed by atoms with Crippen LogP contribution >= 0.6 is 0 Å². The molecular formula is C66H46N2. The summed E-state index contributed by atoms with van der Waals surface area (Å²) in [6, 6.07) is 96.0. The molecule has 1 heterocycles. The van der Waals surface area contributed by atoms with Gasteiger partial charge in [0.05, 0.1) is 28.1 Å². The van der Waals surface area contributed by atoms with Gasteiger partial charge in [-0.3, -0.25) is 0 Å². The van der Waals surface area contributed by atoms with E-state index < -0.39 is 0 Å². The van der Waals surface area contributed by atoms with E-state index in [2.05, 4.69) is 277 Å². The van der Waals surface area contributed by atoms with E-state index in [4.69, 9.17) is 0 Å². The van der Waals surface area contributed by atoms with Gasteiger partial charge in [-0.1, -0.05) is 218 Å². The summed E-state index contributed by atoms with van der Waals surface area (Å²) in [5.74, 6) is 0. The van der Waals surface area contributed by atoms with E-state index in [-0.39, 0.29) is 5.41 Å². The van der Waals surface area contributed by atoms with Crippen LogP contribution in [0.5, 0.6) is 0 Å². The summed E-state index contributed by atoms with van der Waals surface area (Å²) in [5, 5.41) is 4.86. The number of para-hydroxylation sites is 5. The first-order chi connectivity index (χ1) is 33.7. The van der Waals surface area contributed by atoms with Crippen LogP contribution in [0.4, 0.5) is 17.1 Å². The molecule has 2 nitrogen and oxygen atoms in total. The maximum atomic E-state index is 2.55. The van der Waals surface area contributed by atoms with Gasteiger partial charge in [0.15, 0.2) is 0 Å². The highest BCUT2D eigenvalue weighted by Gasteiger charge is 2.41. The summed E-state index contributed by atoms with van der Waals surface area (Å²) < 4.78 is 2.46. The van der Waals surface area contributed by atoms with Gasteiger partial charge >= 0.3 is 0 Å². The second-order valence-corrected chi connectivity index (χ2v) is 18.1. The first-order valence-electron chi connectivity index (χ1n) is 23.6. The minimum atomic E-state index is -0.336. The molecule has 11 aromatic carbocycles. The van der Waals surface area contributed by atoms with Crippen LogP contribution in [-0.4, -0.2) is 4.57 Å². The monoisotopic (exact) mass is 866 g/mol. The van der Waals surface area contributed by atoms with E-state index in [0.717, 1.165) is 39.4 Å². The zero-order valence-electron chi connectivity index (χ0n) is 37.7. The molecule has 0 saturated carbocycles. The Labute approximate surface area is 397 Å². The van der Waals surface area contributed by atoms with E-state index in [0.29, 0.717) is 0 Å². The summed E-state index contributed by atoms with van der Waals surface area (Å²) >= 11 is 0. The van der Waals surface area contributed by atoms with Crippen LogP contribution in [0.3, 0.4) is 0 Å². The number of nitrogens with zero attached hydrogens (tertiary/aromatic N) is 2.